The molecule has 0 radical (unpaired) electrons. The molecule has 2 aromatic rings. The Labute approximate surface area is 126 Å². The van der Waals surface area contributed by atoms with Gasteiger partial charge < -0.3 is 5.32 Å². The minimum absolute atomic E-state index is 0.000915. The van der Waals surface area contributed by atoms with E-state index >= 15 is 0 Å². The van der Waals surface area contributed by atoms with Crippen LogP contribution in [-0.4, -0.2) is 5.91 Å². The first-order valence-corrected chi connectivity index (χ1v) is 7.32. The van der Waals surface area contributed by atoms with Crippen LogP contribution < -0.4 is 10.6 Å². The molecule has 0 spiro atoms. The summed E-state index contributed by atoms with van der Waals surface area (Å²) >= 11 is 3.52. The summed E-state index contributed by atoms with van der Waals surface area (Å²) in [6, 6.07) is 13.8. The van der Waals surface area contributed by atoms with Crippen LogP contribution in [0.4, 0.5) is 5.69 Å². The highest BCUT2D eigenvalue weighted by atomic mass is 79.9. The number of aryl methyl sites for hydroxylation is 1. The highest BCUT2D eigenvalue weighted by molar-refractivity contribution is 9.10. The van der Waals surface area contributed by atoms with E-state index in [-0.39, 0.29) is 11.9 Å². The summed E-state index contributed by atoms with van der Waals surface area (Å²) in [4.78, 5) is 12.1. The molecule has 2 aromatic carbocycles. The molecule has 2 N–H and O–H groups in total. The van der Waals surface area contributed by atoms with Gasteiger partial charge in [0.2, 0.25) is 5.91 Å². The van der Waals surface area contributed by atoms with Gasteiger partial charge in [-0.2, -0.15) is 0 Å². The number of anilines is 1. The summed E-state index contributed by atoms with van der Waals surface area (Å²) in [5.74, 6) is -0.000915. The lowest BCUT2D eigenvalue weighted by molar-refractivity contribution is -0.117. The maximum atomic E-state index is 12.1. The Morgan fingerprint density at radius 3 is 2.70 bits per heavy atom. The maximum absolute atomic E-state index is 12.1. The Kier molecular flexibility index (Phi) is 3.59. The Hall–Kier alpha value is -1.65. The van der Waals surface area contributed by atoms with Gasteiger partial charge in [0.1, 0.15) is 6.04 Å². The van der Waals surface area contributed by atoms with Gasteiger partial charge in [0.15, 0.2) is 0 Å². The number of hydrogen-bond acceptors (Lipinski definition) is 2. The number of amides is 1. The van der Waals surface area contributed by atoms with E-state index in [0.29, 0.717) is 6.54 Å². The lowest BCUT2D eigenvalue weighted by Gasteiger charge is -2.13. The lowest BCUT2D eigenvalue weighted by atomic mass is 10.1. The van der Waals surface area contributed by atoms with Gasteiger partial charge in [0.05, 0.1) is 0 Å². The Bertz CT molecular complexity index is 652. The molecule has 0 bridgehead atoms. The molecular formula is C16H15BrN2O. The molecule has 4 heteroatoms. The smallest absolute Gasteiger partial charge is 0.246 e. The number of halogens is 1. The molecule has 0 saturated heterocycles. The van der Waals surface area contributed by atoms with E-state index in [0.717, 1.165) is 15.7 Å². The molecule has 0 aromatic heterocycles. The zero-order chi connectivity index (χ0) is 14.1. The highest BCUT2D eigenvalue weighted by Gasteiger charge is 2.31. The summed E-state index contributed by atoms with van der Waals surface area (Å²) in [6.45, 7) is 2.73. The van der Waals surface area contributed by atoms with Crippen LogP contribution in [0.2, 0.25) is 0 Å². The van der Waals surface area contributed by atoms with Crippen molar-refractivity contribution in [2.45, 2.75) is 19.5 Å². The second kappa shape index (κ2) is 5.38. The molecule has 0 saturated carbocycles. The standard InChI is InChI=1S/C16H15BrN2O/c1-10-5-7-11(8-6-10)9-18-15-14-12(17)3-2-4-13(14)19-16(15)20/h2-8,15,18H,9H2,1H3,(H,19,20). The minimum atomic E-state index is -0.304. The van der Waals surface area contributed by atoms with Crippen molar-refractivity contribution in [3.63, 3.8) is 0 Å². The van der Waals surface area contributed by atoms with Crippen LogP contribution in [0.1, 0.15) is 22.7 Å². The van der Waals surface area contributed by atoms with Crippen molar-refractivity contribution in [1.29, 1.82) is 0 Å². The highest BCUT2D eigenvalue weighted by Crippen LogP contribution is 2.36. The molecule has 0 aliphatic carbocycles. The Balaban J connectivity index is 1.79. The topological polar surface area (TPSA) is 41.1 Å². The van der Waals surface area contributed by atoms with Crippen LogP contribution in [0.15, 0.2) is 46.9 Å². The lowest BCUT2D eigenvalue weighted by Crippen LogP contribution is -2.27. The van der Waals surface area contributed by atoms with Gasteiger partial charge in [-0.25, -0.2) is 0 Å². The fourth-order valence-corrected chi connectivity index (χ4v) is 2.99. The predicted octanol–water partition coefficient (Wildman–Crippen LogP) is 3.54. The zero-order valence-corrected chi connectivity index (χ0v) is 12.7. The van der Waals surface area contributed by atoms with Gasteiger partial charge in [0.25, 0.3) is 0 Å². The third kappa shape index (κ3) is 2.49. The molecule has 0 fully saturated rings. The number of fused-ring (bicyclic) bond motifs is 1. The van der Waals surface area contributed by atoms with E-state index in [1.807, 2.05) is 18.2 Å². The molecule has 1 aliphatic rings. The average molecular weight is 331 g/mol. The van der Waals surface area contributed by atoms with Gasteiger partial charge in [-0.15, -0.1) is 0 Å². The number of hydrogen-bond donors (Lipinski definition) is 2. The van der Waals surface area contributed by atoms with Crippen molar-refractivity contribution in [3.05, 3.63) is 63.6 Å². The first-order valence-electron chi connectivity index (χ1n) is 6.53. The second-order valence-electron chi connectivity index (χ2n) is 4.99. The van der Waals surface area contributed by atoms with Crippen LogP contribution >= 0.6 is 15.9 Å². The quantitative estimate of drug-likeness (QED) is 0.903. The molecule has 1 amide bonds. The number of nitrogens with one attached hydrogen (secondary N) is 2. The van der Waals surface area contributed by atoms with Gasteiger partial charge in [0, 0.05) is 22.3 Å². The number of carbonyl (C=O) groups is 1. The van der Waals surface area contributed by atoms with E-state index in [4.69, 9.17) is 0 Å². The average Bonchev–Trinajstić information content (AvgIpc) is 2.75. The Morgan fingerprint density at radius 1 is 1.20 bits per heavy atom. The molecule has 1 aliphatic heterocycles. The maximum Gasteiger partial charge on any atom is 0.246 e. The van der Waals surface area contributed by atoms with Crippen molar-refractivity contribution in [2.75, 3.05) is 5.32 Å². The van der Waals surface area contributed by atoms with Crippen LogP contribution in [-0.2, 0) is 11.3 Å². The molecule has 3 nitrogen and oxygen atoms in total. The fraction of sp³-hybridized carbons (Fsp3) is 0.188. The molecule has 1 unspecified atom stereocenters. The summed E-state index contributed by atoms with van der Waals surface area (Å²) in [6.07, 6.45) is 0. The Morgan fingerprint density at radius 2 is 1.95 bits per heavy atom. The first-order chi connectivity index (χ1) is 9.65. The van der Waals surface area contributed by atoms with Crippen LogP contribution in [0.3, 0.4) is 0 Å². The molecule has 3 rings (SSSR count). The van der Waals surface area contributed by atoms with Gasteiger partial charge in [-0.05, 0) is 24.6 Å². The summed E-state index contributed by atoms with van der Waals surface area (Å²) in [5.41, 5.74) is 4.28. The van der Waals surface area contributed by atoms with E-state index in [1.54, 1.807) is 0 Å². The third-order valence-corrected chi connectivity index (χ3v) is 4.18. The predicted molar refractivity (Wildman–Crippen MR) is 83.5 cm³/mol. The molecular weight excluding hydrogens is 316 g/mol. The zero-order valence-electron chi connectivity index (χ0n) is 11.1. The van der Waals surface area contributed by atoms with E-state index < -0.39 is 0 Å². The van der Waals surface area contributed by atoms with E-state index in [9.17, 15) is 4.79 Å². The summed E-state index contributed by atoms with van der Waals surface area (Å²) < 4.78 is 0.953. The van der Waals surface area contributed by atoms with Crippen molar-refractivity contribution < 1.29 is 4.79 Å². The molecule has 102 valence electrons. The second-order valence-corrected chi connectivity index (χ2v) is 5.84. The molecule has 1 heterocycles. The molecule has 20 heavy (non-hydrogen) atoms. The summed E-state index contributed by atoms with van der Waals surface area (Å²) in [7, 11) is 0. The minimum Gasteiger partial charge on any atom is -0.324 e. The summed E-state index contributed by atoms with van der Waals surface area (Å²) in [5, 5.41) is 6.22. The molecule has 1 atom stereocenters. The van der Waals surface area contributed by atoms with Gasteiger partial charge in [-0.1, -0.05) is 51.8 Å². The van der Waals surface area contributed by atoms with Crippen molar-refractivity contribution in [3.8, 4) is 0 Å². The van der Waals surface area contributed by atoms with Gasteiger partial charge >= 0.3 is 0 Å². The number of rotatable bonds is 3. The number of carbonyl (C=O) groups excluding carboxylic acids is 1. The first kappa shape index (κ1) is 13.3. The normalized spacial score (nSPS) is 16.9. The SMILES string of the molecule is Cc1ccc(CNC2C(=O)Nc3cccc(Br)c32)cc1. The monoisotopic (exact) mass is 330 g/mol. The van der Waals surface area contributed by atoms with E-state index in [1.165, 1.54) is 11.1 Å². The van der Waals surface area contributed by atoms with Crippen LogP contribution in [0.5, 0.6) is 0 Å². The van der Waals surface area contributed by atoms with Crippen LogP contribution in [0.25, 0.3) is 0 Å². The fourth-order valence-electron chi connectivity index (χ4n) is 2.40. The van der Waals surface area contributed by atoms with Gasteiger partial charge in [-0.3, -0.25) is 10.1 Å². The van der Waals surface area contributed by atoms with Crippen LogP contribution in [0, 0.1) is 6.92 Å². The largest absolute Gasteiger partial charge is 0.324 e. The van der Waals surface area contributed by atoms with Crippen molar-refractivity contribution in [2.24, 2.45) is 0 Å². The third-order valence-electron chi connectivity index (χ3n) is 3.49. The van der Waals surface area contributed by atoms with Crippen molar-refractivity contribution in [1.82, 2.24) is 5.32 Å². The number of benzene rings is 2. The van der Waals surface area contributed by atoms with Crippen molar-refractivity contribution >= 4 is 27.5 Å². The van der Waals surface area contributed by atoms with E-state index in [2.05, 4.69) is 57.8 Å².